The molecule has 0 atom stereocenters. The predicted molar refractivity (Wildman–Crippen MR) is 57.8 cm³/mol. The van der Waals surface area contributed by atoms with Crippen molar-refractivity contribution < 1.29 is 5.11 Å². The van der Waals surface area contributed by atoms with Crippen molar-refractivity contribution in [2.75, 3.05) is 19.6 Å². The van der Waals surface area contributed by atoms with Gasteiger partial charge in [-0.15, -0.1) is 0 Å². The van der Waals surface area contributed by atoms with Crippen molar-refractivity contribution in [3.8, 4) is 0 Å². The molecule has 1 N–H and O–H groups in total. The quantitative estimate of drug-likeness (QED) is 0.755. The first-order valence-corrected chi connectivity index (χ1v) is 5.17. The smallest absolute Gasteiger partial charge is 0.250 e. The second-order valence-electron chi connectivity index (χ2n) is 4.44. The maximum atomic E-state index is 11.4. The molecule has 1 aliphatic rings. The van der Waals surface area contributed by atoms with Gasteiger partial charge in [-0.1, -0.05) is 6.07 Å². The average Bonchev–Trinajstić information content (AvgIpc) is 2.13. The van der Waals surface area contributed by atoms with Gasteiger partial charge in [-0.2, -0.15) is 0 Å². The zero-order valence-corrected chi connectivity index (χ0v) is 8.89. The Morgan fingerprint density at radius 3 is 2.73 bits per heavy atom. The van der Waals surface area contributed by atoms with Crippen LogP contribution in [0.1, 0.15) is 6.92 Å². The maximum absolute atomic E-state index is 11.4. The van der Waals surface area contributed by atoms with Gasteiger partial charge in [0.05, 0.1) is 5.60 Å². The van der Waals surface area contributed by atoms with Crippen LogP contribution in [0.5, 0.6) is 0 Å². The number of rotatable bonds is 3. The fourth-order valence-electron chi connectivity index (χ4n) is 1.97. The Kier molecular flexibility index (Phi) is 2.63. The van der Waals surface area contributed by atoms with Gasteiger partial charge in [0.2, 0.25) is 0 Å². The first-order valence-electron chi connectivity index (χ1n) is 5.17. The number of β-amino-alcohol motifs (C(OH)–C–C–N with tert-alkyl or cyclic N) is 1. The lowest BCUT2D eigenvalue weighted by Gasteiger charge is -2.44. The van der Waals surface area contributed by atoms with Gasteiger partial charge in [-0.3, -0.25) is 9.69 Å². The first-order chi connectivity index (χ1) is 7.07. The number of aliphatic hydroxyl groups is 1. The SMILES string of the molecule is CC1(O)CN(CCn2ccccc2=O)C1. The summed E-state index contributed by atoms with van der Waals surface area (Å²) in [5.74, 6) is 0. The lowest BCUT2D eigenvalue weighted by atomic mass is 9.97. The minimum atomic E-state index is -0.526. The molecule has 1 fully saturated rings. The van der Waals surface area contributed by atoms with E-state index in [4.69, 9.17) is 0 Å². The van der Waals surface area contributed by atoms with Gasteiger partial charge in [0.15, 0.2) is 0 Å². The largest absolute Gasteiger partial charge is 0.388 e. The number of aromatic nitrogens is 1. The van der Waals surface area contributed by atoms with Crippen LogP contribution in [0.3, 0.4) is 0 Å². The van der Waals surface area contributed by atoms with Crippen LogP contribution < -0.4 is 5.56 Å². The van der Waals surface area contributed by atoms with E-state index in [1.165, 1.54) is 0 Å². The van der Waals surface area contributed by atoms with Gasteiger partial charge in [0.1, 0.15) is 0 Å². The van der Waals surface area contributed by atoms with E-state index in [2.05, 4.69) is 4.90 Å². The summed E-state index contributed by atoms with van der Waals surface area (Å²) in [5, 5.41) is 9.53. The van der Waals surface area contributed by atoms with E-state index in [1.807, 2.05) is 13.0 Å². The molecule has 1 aromatic rings. The van der Waals surface area contributed by atoms with Crippen LogP contribution in [0, 0.1) is 0 Å². The van der Waals surface area contributed by atoms with Crippen LogP contribution in [-0.4, -0.2) is 39.8 Å². The summed E-state index contributed by atoms with van der Waals surface area (Å²) in [6, 6.07) is 5.16. The lowest BCUT2D eigenvalue weighted by molar-refractivity contribution is -0.0840. The predicted octanol–water partition coefficient (Wildman–Crippen LogP) is -0.0851. The summed E-state index contributed by atoms with van der Waals surface area (Å²) in [5.41, 5.74) is -0.494. The Labute approximate surface area is 88.8 Å². The first kappa shape index (κ1) is 10.4. The molecular formula is C11H16N2O2. The van der Waals surface area contributed by atoms with E-state index in [9.17, 15) is 9.90 Å². The molecule has 1 aromatic heterocycles. The Morgan fingerprint density at radius 2 is 2.13 bits per heavy atom. The maximum Gasteiger partial charge on any atom is 0.250 e. The van der Waals surface area contributed by atoms with Gasteiger partial charge in [0, 0.05) is 38.4 Å². The van der Waals surface area contributed by atoms with Crippen molar-refractivity contribution in [2.45, 2.75) is 19.1 Å². The molecule has 0 saturated carbocycles. The number of hydrogen-bond donors (Lipinski definition) is 1. The molecule has 0 aromatic carbocycles. The van der Waals surface area contributed by atoms with Gasteiger partial charge < -0.3 is 9.67 Å². The Morgan fingerprint density at radius 1 is 1.40 bits per heavy atom. The summed E-state index contributed by atoms with van der Waals surface area (Å²) in [7, 11) is 0. The minimum Gasteiger partial charge on any atom is -0.388 e. The monoisotopic (exact) mass is 208 g/mol. The van der Waals surface area contributed by atoms with Crippen molar-refractivity contribution in [3.05, 3.63) is 34.7 Å². The summed E-state index contributed by atoms with van der Waals surface area (Å²) >= 11 is 0. The van der Waals surface area contributed by atoms with Crippen LogP contribution >= 0.6 is 0 Å². The molecule has 15 heavy (non-hydrogen) atoms. The Hall–Kier alpha value is -1.13. The zero-order chi connectivity index (χ0) is 10.9. The van der Waals surface area contributed by atoms with Crippen LogP contribution in [0.15, 0.2) is 29.2 Å². The Bertz CT molecular complexity index is 390. The molecule has 1 aliphatic heterocycles. The zero-order valence-electron chi connectivity index (χ0n) is 8.89. The van der Waals surface area contributed by atoms with E-state index < -0.39 is 5.60 Å². The second kappa shape index (κ2) is 3.79. The highest BCUT2D eigenvalue weighted by atomic mass is 16.3. The van der Waals surface area contributed by atoms with E-state index in [-0.39, 0.29) is 5.56 Å². The van der Waals surface area contributed by atoms with Gasteiger partial charge in [-0.25, -0.2) is 0 Å². The van der Waals surface area contributed by atoms with Gasteiger partial charge >= 0.3 is 0 Å². The molecule has 0 spiro atoms. The van der Waals surface area contributed by atoms with Crippen LogP contribution in [-0.2, 0) is 6.54 Å². The molecule has 0 bridgehead atoms. The molecule has 82 valence electrons. The summed E-state index contributed by atoms with van der Waals surface area (Å²) in [6.07, 6.45) is 1.79. The highest BCUT2D eigenvalue weighted by molar-refractivity contribution is 4.94. The van der Waals surface area contributed by atoms with Crippen molar-refractivity contribution in [2.24, 2.45) is 0 Å². The number of hydrogen-bond acceptors (Lipinski definition) is 3. The number of nitrogens with zero attached hydrogens (tertiary/aromatic N) is 2. The third-order valence-corrected chi connectivity index (χ3v) is 2.68. The highest BCUT2D eigenvalue weighted by Gasteiger charge is 2.35. The normalized spacial score (nSPS) is 19.9. The average molecular weight is 208 g/mol. The van der Waals surface area contributed by atoms with E-state index in [0.29, 0.717) is 19.6 Å². The van der Waals surface area contributed by atoms with Crippen LogP contribution in [0.2, 0.25) is 0 Å². The molecule has 0 radical (unpaired) electrons. The summed E-state index contributed by atoms with van der Waals surface area (Å²) in [6.45, 7) is 4.75. The van der Waals surface area contributed by atoms with Crippen LogP contribution in [0.4, 0.5) is 0 Å². The fourth-order valence-corrected chi connectivity index (χ4v) is 1.97. The molecular weight excluding hydrogens is 192 g/mol. The Balaban J connectivity index is 1.85. The lowest BCUT2D eigenvalue weighted by Crippen LogP contribution is -2.60. The van der Waals surface area contributed by atoms with E-state index in [1.54, 1.807) is 22.9 Å². The van der Waals surface area contributed by atoms with Crippen molar-refractivity contribution in [1.82, 2.24) is 9.47 Å². The van der Waals surface area contributed by atoms with Gasteiger partial charge in [0.25, 0.3) is 5.56 Å². The number of pyridine rings is 1. The fraction of sp³-hybridized carbons (Fsp3) is 0.545. The standard InChI is InChI=1S/C11H16N2O2/c1-11(15)8-12(9-11)6-7-13-5-3-2-4-10(13)14/h2-5,15H,6-9H2,1H3. The molecule has 0 unspecified atom stereocenters. The summed E-state index contributed by atoms with van der Waals surface area (Å²) in [4.78, 5) is 13.5. The molecule has 4 heteroatoms. The van der Waals surface area contributed by atoms with Gasteiger partial charge in [-0.05, 0) is 13.0 Å². The highest BCUT2D eigenvalue weighted by Crippen LogP contribution is 2.18. The molecule has 2 rings (SSSR count). The summed E-state index contributed by atoms with van der Waals surface area (Å²) < 4.78 is 1.69. The van der Waals surface area contributed by atoms with E-state index >= 15 is 0 Å². The molecule has 0 amide bonds. The topological polar surface area (TPSA) is 45.5 Å². The molecule has 2 heterocycles. The second-order valence-corrected chi connectivity index (χ2v) is 4.44. The number of likely N-dealkylation sites (tertiary alicyclic amines) is 1. The van der Waals surface area contributed by atoms with E-state index in [0.717, 1.165) is 6.54 Å². The minimum absolute atomic E-state index is 0.0322. The molecule has 4 nitrogen and oxygen atoms in total. The van der Waals surface area contributed by atoms with Crippen molar-refractivity contribution in [1.29, 1.82) is 0 Å². The third-order valence-electron chi connectivity index (χ3n) is 2.68. The third kappa shape index (κ3) is 2.46. The molecule has 0 aliphatic carbocycles. The van der Waals surface area contributed by atoms with Crippen LogP contribution in [0.25, 0.3) is 0 Å². The van der Waals surface area contributed by atoms with Crippen molar-refractivity contribution in [3.63, 3.8) is 0 Å². The van der Waals surface area contributed by atoms with Crippen molar-refractivity contribution >= 4 is 0 Å². The molecule has 1 saturated heterocycles.